The molecule has 3 aromatic rings. The number of rotatable bonds is 4. The van der Waals surface area contributed by atoms with E-state index < -0.39 is 10.9 Å². The molecule has 24 heavy (non-hydrogen) atoms. The molecule has 0 atom stereocenters. The molecule has 0 bridgehead atoms. The van der Waals surface area contributed by atoms with Crippen LogP contribution < -0.4 is 0 Å². The van der Waals surface area contributed by atoms with E-state index in [2.05, 4.69) is 15.1 Å². The number of ether oxygens (including phenoxy) is 1. The lowest BCUT2D eigenvalue weighted by Crippen LogP contribution is -2.08. The molecule has 9 nitrogen and oxygen atoms in total. The fraction of sp³-hybridized carbons (Fsp3) is 0.200. The molecule has 0 aliphatic heterocycles. The van der Waals surface area contributed by atoms with Gasteiger partial charge in [-0.05, 0) is 26.0 Å². The zero-order chi connectivity index (χ0) is 17.3. The third-order valence-electron chi connectivity index (χ3n) is 3.35. The van der Waals surface area contributed by atoms with Gasteiger partial charge in [-0.15, -0.1) is 5.10 Å². The summed E-state index contributed by atoms with van der Waals surface area (Å²) in [7, 11) is 0. The Hall–Kier alpha value is -3.36. The lowest BCUT2D eigenvalue weighted by molar-refractivity contribution is -0.385. The molecular weight excluding hydrogens is 314 g/mol. The second-order valence-corrected chi connectivity index (χ2v) is 5.15. The topological polar surface area (TPSA) is 113 Å². The minimum Gasteiger partial charge on any atom is -0.455 e. The molecule has 3 rings (SSSR count). The molecule has 0 saturated carbocycles. The van der Waals surface area contributed by atoms with Crippen LogP contribution in [0.25, 0.3) is 5.78 Å². The molecule has 0 N–H and O–H groups in total. The van der Waals surface area contributed by atoms with Crippen LogP contribution in [0.3, 0.4) is 0 Å². The number of hydrogen-bond acceptors (Lipinski definition) is 7. The largest absolute Gasteiger partial charge is 0.455 e. The van der Waals surface area contributed by atoms with Gasteiger partial charge in [-0.2, -0.15) is 4.98 Å². The number of nitrogens with zero attached hydrogens (tertiary/aromatic N) is 5. The molecule has 122 valence electrons. The van der Waals surface area contributed by atoms with Crippen LogP contribution in [0, 0.1) is 24.0 Å². The van der Waals surface area contributed by atoms with E-state index in [9.17, 15) is 14.9 Å². The summed E-state index contributed by atoms with van der Waals surface area (Å²) < 4.78 is 6.53. The van der Waals surface area contributed by atoms with Crippen molar-refractivity contribution in [3.8, 4) is 0 Å². The van der Waals surface area contributed by atoms with Crippen molar-refractivity contribution in [3.63, 3.8) is 0 Å². The molecule has 0 unspecified atom stereocenters. The van der Waals surface area contributed by atoms with Crippen molar-refractivity contribution in [2.24, 2.45) is 0 Å². The highest BCUT2D eigenvalue weighted by Crippen LogP contribution is 2.18. The summed E-state index contributed by atoms with van der Waals surface area (Å²) in [5.41, 5.74) is 1.72. The van der Waals surface area contributed by atoms with Gasteiger partial charge in [-0.1, -0.05) is 12.1 Å². The lowest BCUT2D eigenvalue weighted by atomic mass is 10.2. The molecule has 2 aromatic heterocycles. The van der Waals surface area contributed by atoms with Crippen LogP contribution in [0.5, 0.6) is 0 Å². The number of hydrogen-bond donors (Lipinski definition) is 0. The molecule has 0 spiro atoms. The van der Waals surface area contributed by atoms with Crippen molar-refractivity contribution >= 4 is 17.4 Å². The maximum Gasteiger partial charge on any atom is 0.378 e. The highest BCUT2D eigenvalue weighted by molar-refractivity contribution is 5.85. The van der Waals surface area contributed by atoms with Crippen LogP contribution >= 0.6 is 0 Å². The predicted octanol–water partition coefficient (Wildman–Crippen LogP) is 2.01. The van der Waals surface area contributed by atoms with Crippen LogP contribution in [0.1, 0.15) is 27.6 Å². The number of benzene rings is 1. The van der Waals surface area contributed by atoms with E-state index >= 15 is 0 Å². The zero-order valence-electron chi connectivity index (χ0n) is 13.0. The molecule has 0 amide bonds. The normalized spacial score (nSPS) is 10.8. The van der Waals surface area contributed by atoms with Gasteiger partial charge in [0.05, 0.1) is 10.5 Å². The molecule has 2 heterocycles. The standard InChI is InChI=1S/C15H13N5O4/c1-9-7-10(2)19-15(16-9)17-13(18-19)14(21)24-8-11-5-3-4-6-12(11)20(22)23/h3-7H,8H2,1-2H3. The van der Waals surface area contributed by atoms with Crippen molar-refractivity contribution in [2.45, 2.75) is 20.5 Å². The number of carbonyl (C=O) groups excluding carboxylic acids is 1. The fourth-order valence-electron chi connectivity index (χ4n) is 2.27. The minimum atomic E-state index is -0.768. The number of aromatic nitrogens is 4. The number of nitro groups is 1. The van der Waals surface area contributed by atoms with Crippen molar-refractivity contribution in [2.75, 3.05) is 0 Å². The average Bonchev–Trinajstić information content (AvgIpc) is 2.97. The quantitative estimate of drug-likeness (QED) is 0.409. The lowest BCUT2D eigenvalue weighted by Gasteiger charge is -2.03. The Morgan fingerprint density at radius 1 is 1.29 bits per heavy atom. The van der Waals surface area contributed by atoms with Crippen molar-refractivity contribution in [1.82, 2.24) is 19.6 Å². The summed E-state index contributed by atoms with van der Waals surface area (Å²) in [6.07, 6.45) is 0. The maximum atomic E-state index is 12.1. The molecule has 0 saturated heterocycles. The van der Waals surface area contributed by atoms with E-state index in [0.717, 1.165) is 11.4 Å². The van der Waals surface area contributed by atoms with E-state index in [1.807, 2.05) is 19.9 Å². The Labute approximate surface area is 136 Å². The van der Waals surface area contributed by atoms with E-state index in [1.54, 1.807) is 12.1 Å². The highest BCUT2D eigenvalue weighted by atomic mass is 16.6. The fourth-order valence-corrected chi connectivity index (χ4v) is 2.27. The second-order valence-electron chi connectivity index (χ2n) is 5.15. The summed E-state index contributed by atoms with van der Waals surface area (Å²) in [5.74, 6) is -0.615. The molecule has 9 heteroatoms. The minimum absolute atomic E-state index is 0.110. The third kappa shape index (κ3) is 2.91. The number of carbonyl (C=O) groups is 1. The summed E-state index contributed by atoms with van der Waals surface area (Å²) in [4.78, 5) is 30.8. The van der Waals surface area contributed by atoms with Crippen LogP contribution in [0.2, 0.25) is 0 Å². The van der Waals surface area contributed by atoms with Crippen molar-refractivity contribution < 1.29 is 14.5 Å². The number of para-hydroxylation sites is 1. The summed E-state index contributed by atoms with van der Waals surface area (Å²) in [6, 6.07) is 7.86. The molecule has 0 radical (unpaired) electrons. The van der Waals surface area contributed by atoms with Gasteiger partial charge in [0, 0.05) is 17.5 Å². The second kappa shape index (κ2) is 6.03. The molecule has 0 fully saturated rings. The number of fused-ring (bicyclic) bond motifs is 1. The van der Waals surface area contributed by atoms with Gasteiger partial charge in [0.2, 0.25) is 0 Å². The van der Waals surface area contributed by atoms with Crippen molar-refractivity contribution in [3.05, 3.63) is 63.2 Å². The number of nitro benzene ring substituents is 1. The van der Waals surface area contributed by atoms with Gasteiger partial charge < -0.3 is 4.74 Å². The first-order valence-electron chi connectivity index (χ1n) is 7.06. The van der Waals surface area contributed by atoms with E-state index in [0.29, 0.717) is 11.3 Å². The zero-order valence-corrected chi connectivity index (χ0v) is 13.0. The average molecular weight is 327 g/mol. The molecular formula is C15H13N5O4. The van der Waals surface area contributed by atoms with Gasteiger partial charge in [-0.25, -0.2) is 14.3 Å². The Kier molecular flexibility index (Phi) is 3.90. The van der Waals surface area contributed by atoms with Gasteiger partial charge in [0.15, 0.2) is 0 Å². The van der Waals surface area contributed by atoms with Crippen LogP contribution in [-0.2, 0) is 11.3 Å². The molecule has 0 aliphatic carbocycles. The number of aryl methyl sites for hydroxylation is 2. The Balaban J connectivity index is 1.81. The SMILES string of the molecule is Cc1cc(C)n2nc(C(=O)OCc3ccccc3[N+](=O)[O-])nc2n1. The van der Waals surface area contributed by atoms with Crippen LogP contribution in [0.4, 0.5) is 5.69 Å². The van der Waals surface area contributed by atoms with Gasteiger partial charge >= 0.3 is 5.97 Å². The molecule has 0 aliphatic rings. The number of esters is 1. The van der Waals surface area contributed by atoms with Crippen LogP contribution in [-0.4, -0.2) is 30.5 Å². The molecule has 1 aromatic carbocycles. The first kappa shape index (κ1) is 15.5. The summed E-state index contributed by atoms with van der Waals surface area (Å²) >= 11 is 0. The van der Waals surface area contributed by atoms with Crippen molar-refractivity contribution in [1.29, 1.82) is 0 Å². The van der Waals surface area contributed by atoms with Gasteiger partial charge in [0.25, 0.3) is 17.3 Å². The smallest absolute Gasteiger partial charge is 0.378 e. The maximum absolute atomic E-state index is 12.1. The highest BCUT2D eigenvalue weighted by Gasteiger charge is 2.19. The van der Waals surface area contributed by atoms with E-state index in [-0.39, 0.29) is 18.1 Å². The van der Waals surface area contributed by atoms with Gasteiger partial charge in [0.1, 0.15) is 6.61 Å². The van der Waals surface area contributed by atoms with E-state index in [1.165, 1.54) is 16.6 Å². The Bertz CT molecular complexity index is 950. The Morgan fingerprint density at radius 2 is 2.04 bits per heavy atom. The third-order valence-corrected chi connectivity index (χ3v) is 3.35. The van der Waals surface area contributed by atoms with Gasteiger partial charge in [-0.3, -0.25) is 10.1 Å². The monoisotopic (exact) mass is 327 g/mol. The summed E-state index contributed by atoms with van der Waals surface area (Å²) in [5, 5.41) is 15.0. The van der Waals surface area contributed by atoms with E-state index in [4.69, 9.17) is 4.74 Å². The van der Waals surface area contributed by atoms with Crippen LogP contribution in [0.15, 0.2) is 30.3 Å². The first-order chi connectivity index (χ1) is 11.5. The Morgan fingerprint density at radius 3 is 2.79 bits per heavy atom. The summed E-state index contributed by atoms with van der Waals surface area (Å²) in [6.45, 7) is 3.39. The first-order valence-corrected chi connectivity index (χ1v) is 7.06. The predicted molar refractivity (Wildman–Crippen MR) is 82.5 cm³/mol.